The summed E-state index contributed by atoms with van der Waals surface area (Å²) >= 11 is 0. The zero-order valence-electron chi connectivity index (χ0n) is 7.90. The molecule has 72 valence electrons. The van der Waals surface area contributed by atoms with Crippen molar-refractivity contribution in [3.8, 4) is 0 Å². The number of fused-ring (bicyclic) bond motifs is 2. The summed E-state index contributed by atoms with van der Waals surface area (Å²) in [5.74, 6) is 0.408. The van der Waals surface area contributed by atoms with E-state index >= 15 is 0 Å². The Labute approximate surface area is 82.9 Å². The summed E-state index contributed by atoms with van der Waals surface area (Å²) in [4.78, 5) is 11.1. The number of benzene rings is 1. The van der Waals surface area contributed by atoms with Gasteiger partial charge in [-0.05, 0) is 17.5 Å². The van der Waals surface area contributed by atoms with Gasteiger partial charge in [-0.1, -0.05) is 24.3 Å². The molecule has 0 aromatic heterocycles. The number of ether oxygens (including phenoxy) is 1. The highest BCUT2D eigenvalue weighted by molar-refractivity contribution is 5.72. The molecule has 1 heterocycles. The average Bonchev–Trinajstić information content (AvgIpc) is 2.53. The van der Waals surface area contributed by atoms with Gasteiger partial charge in [-0.25, -0.2) is 0 Å². The fourth-order valence-corrected chi connectivity index (χ4v) is 2.53. The van der Waals surface area contributed by atoms with Gasteiger partial charge >= 0.3 is 5.97 Å². The lowest BCUT2D eigenvalue weighted by Gasteiger charge is -2.25. The van der Waals surface area contributed by atoms with Gasteiger partial charge in [0.1, 0.15) is 6.10 Å². The van der Waals surface area contributed by atoms with Gasteiger partial charge < -0.3 is 4.74 Å². The van der Waals surface area contributed by atoms with Crippen LogP contribution in [0, 0.1) is 5.92 Å². The second-order valence-electron chi connectivity index (χ2n) is 4.17. The van der Waals surface area contributed by atoms with Crippen molar-refractivity contribution in [2.75, 3.05) is 0 Å². The van der Waals surface area contributed by atoms with E-state index in [1.807, 2.05) is 0 Å². The predicted octanol–water partition coefficient (Wildman–Crippen LogP) is 1.72. The molecule has 0 bridgehead atoms. The van der Waals surface area contributed by atoms with E-state index in [1.54, 1.807) is 0 Å². The van der Waals surface area contributed by atoms with Gasteiger partial charge in [0.05, 0.1) is 6.42 Å². The first-order valence-corrected chi connectivity index (χ1v) is 5.09. The average molecular weight is 188 g/mol. The Kier molecular flexibility index (Phi) is 1.63. The van der Waals surface area contributed by atoms with Gasteiger partial charge in [0.2, 0.25) is 0 Å². The molecule has 0 amide bonds. The Hall–Kier alpha value is -1.31. The van der Waals surface area contributed by atoms with Crippen LogP contribution >= 0.6 is 0 Å². The van der Waals surface area contributed by atoms with Crippen LogP contribution < -0.4 is 0 Å². The van der Waals surface area contributed by atoms with Crippen LogP contribution in [0.2, 0.25) is 0 Å². The molecule has 0 spiro atoms. The van der Waals surface area contributed by atoms with Crippen molar-refractivity contribution >= 4 is 5.97 Å². The third-order valence-electron chi connectivity index (χ3n) is 3.26. The molecule has 2 nitrogen and oxygen atoms in total. The Bertz CT molecular complexity index is 349. The summed E-state index contributed by atoms with van der Waals surface area (Å²) in [5.41, 5.74) is 2.75. The number of rotatable bonds is 0. The van der Waals surface area contributed by atoms with E-state index in [0.29, 0.717) is 12.3 Å². The first-order chi connectivity index (χ1) is 6.83. The van der Waals surface area contributed by atoms with Gasteiger partial charge in [-0.2, -0.15) is 0 Å². The van der Waals surface area contributed by atoms with Crippen LogP contribution in [-0.4, -0.2) is 12.1 Å². The minimum absolute atomic E-state index is 0.0205. The summed E-state index contributed by atoms with van der Waals surface area (Å²) in [6.07, 6.45) is 2.68. The number of hydrogen-bond donors (Lipinski definition) is 0. The molecule has 0 unspecified atom stereocenters. The van der Waals surface area contributed by atoms with Crippen LogP contribution in [0.5, 0.6) is 0 Å². The van der Waals surface area contributed by atoms with E-state index in [1.165, 1.54) is 11.1 Å². The highest BCUT2D eigenvalue weighted by Crippen LogP contribution is 2.34. The van der Waals surface area contributed by atoms with E-state index < -0.39 is 0 Å². The minimum Gasteiger partial charge on any atom is -0.462 e. The zero-order chi connectivity index (χ0) is 9.54. The summed E-state index contributed by atoms with van der Waals surface area (Å²) in [6.45, 7) is 0. The van der Waals surface area contributed by atoms with Gasteiger partial charge in [0.25, 0.3) is 0 Å². The molecular weight excluding hydrogens is 176 g/mol. The van der Waals surface area contributed by atoms with E-state index in [4.69, 9.17) is 4.74 Å². The molecule has 14 heavy (non-hydrogen) atoms. The molecule has 2 aliphatic rings. The highest BCUT2D eigenvalue weighted by Gasteiger charge is 2.38. The topological polar surface area (TPSA) is 26.3 Å². The third kappa shape index (κ3) is 1.14. The fourth-order valence-electron chi connectivity index (χ4n) is 2.53. The summed E-state index contributed by atoms with van der Waals surface area (Å²) < 4.78 is 5.28. The predicted molar refractivity (Wildman–Crippen MR) is 51.8 cm³/mol. The maximum absolute atomic E-state index is 11.1. The zero-order valence-corrected chi connectivity index (χ0v) is 7.90. The molecule has 0 N–H and O–H groups in total. The van der Waals surface area contributed by atoms with Crippen LogP contribution in [0.1, 0.15) is 17.5 Å². The highest BCUT2D eigenvalue weighted by atomic mass is 16.5. The van der Waals surface area contributed by atoms with Crippen molar-refractivity contribution in [3.05, 3.63) is 35.4 Å². The first-order valence-electron chi connectivity index (χ1n) is 5.09. The maximum Gasteiger partial charge on any atom is 0.306 e. The summed E-state index contributed by atoms with van der Waals surface area (Å²) in [6, 6.07) is 8.42. The van der Waals surface area contributed by atoms with Crippen LogP contribution in [0.4, 0.5) is 0 Å². The van der Waals surface area contributed by atoms with Gasteiger partial charge in [-0.3, -0.25) is 4.79 Å². The van der Waals surface area contributed by atoms with Gasteiger partial charge in [0, 0.05) is 12.3 Å². The largest absolute Gasteiger partial charge is 0.462 e. The first kappa shape index (κ1) is 8.04. The lowest BCUT2D eigenvalue weighted by Crippen LogP contribution is -2.26. The summed E-state index contributed by atoms with van der Waals surface area (Å²) in [7, 11) is 0. The molecule has 1 aromatic carbocycles. The normalized spacial score (nSPS) is 29.3. The van der Waals surface area contributed by atoms with Crippen LogP contribution in [0.15, 0.2) is 24.3 Å². The lowest BCUT2D eigenvalue weighted by molar-refractivity contribution is -0.141. The van der Waals surface area contributed by atoms with E-state index in [9.17, 15) is 4.79 Å². The second-order valence-corrected chi connectivity index (χ2v) is 4.17. The van der Waals surface area contributed by atoms with E-state index in [2.05, 4.69) is 24.3 Å². The molecule has 1 saturated heterocycles. The minimum atomic E-state index is -0.0205. The third-order valence-corrected chi connectivity index (χ3v) is 3.26. The molecule has 1 aliphatic heterocycles. The summed E-state index contributed by atoms with van der Waals surface area (Å²) in [5, 5.41) is 0. The van der Waals surface area contributed by atoms with Crippen molar-refractivity contribution in [2.45, 2.75) is 25.4 Å². The molecular formula is C12H12O2. The Balaban J connectivity index is 1.95. The van der Waals surface area contributed by atoms with Crippen molar-refractivity contribution in [1.29, 1.82) is 0 Å². The number of hydrogen-bond acceptors (Lipinski definition) is 2. The van der Waals surface area contributed by atoms with Crippen molar-refractivity contribution in [3.63, 3.8) is 0 Å². The fraction of sp³-hybridized carbons (Fsp3) is 0.417. The van der Waals surface area contributed by atoms with Crippen LogP contribution in [0.25, 0.3) is 0 Å². The number of esters is 1. The quantitative estimate of drug-likeness (QED) is 0.579. The van der Waals surface area contributed by atoms with E-state index in [-0.39, 0.29) is 12.1 Å². The lowest BCUT2D eigenvalue weighted by atomic mass is 9.81. The number of carbonyl (C=O) groups is 1. The standard InChI is InChI=1S/C12H12O2/c13-12-7-10-5-8-3-1-2-4-9(8)6-11(10)14-12/h1-4,10-11H,5-7H2/t10-,11+/m0/s1. The van der Waals surface area contributed by atoms with E-state index in [0.717, 1.165) is 12.8 Å². The van der Waals surface area contributed by atoms with Gasteiger partial charge in [0.15, 0.2) is 0 Å². The smallest absolute Gasteiger partial charge is 0.306 e. The Morgan fingerprint density at radius 1 is 1.07 bits per heavy atom. The monoisotopic (exact) mass is 188 g/mol. The van der Waals surface area contributed by atoms with Gasteiger partial charge in [-0.15, -0.1) is 0 Å². The molecule has 1 fully saturated rings. The molecule has 2 heteroatoms. The molecule has 0 saturated carbocycles. The Morgan fingerprint density at radius 3 is 2.57 bits per heavy atom. The maximum atomic E-state index is 11.1. The van der Waals surface area contributed by atoms with Crippen molar-refractivity contribution in [2.24, 2.45) is 5.92 Å². The van der Waals surface area contributed by atoms with Crippen LogP contribution in [0.3, 0.4) is 0 Å². The van der Waals surface area contributed by atoms with Crippen LogP contribution in [-0.2, 0) is 22.4 Å². The molecule has 2 atom stereocenters. The van der Waals surface area contributed by atoms with Crippen molar-refractivity contribution < 1.29 is 9.53 Å². The SMILES string of the molecule is O=C1C[C@@H]2Cc3ccccc3C[C@H]2O1. The Morgan fingerprint density at radius 2 is 1.79 bits per heavy atom. The second kappa shape index (κ2) is 2.84. The molecule has 3 rings (SSSR count). The molecule has 1 aromatic rings. The number of carbonyl (C=O) groups excluding carboxylic acids is 1. The van der Waals surface area contributed by atoms with Crippen molar-refractivity contribution in [1.82, 2.24) is 0 Å². The molecule has 1 aliphatic carbocycles. The molecule has 0 radical (unpaired) electrons.